The molecule has 2 N–H and O–H groups in total. The number of hydrogen-bond acceptors (Lipinski definition) is 4. The van der Waals surface area contributed by atoms with Crippen molar-refractivity contribution in [2.75, 3.05) is 40.0 Å². The molecule has 0 amide bonds. The van der Waals surface area contributed by atoms with Crippen LogP contribution in [0.2, 0.25) is 0 Å². The van der Waals surface area contributed by atoms with Crippen molar-refractivity contribution in [3.8, 4) is 0 Å². The molecule has 8 heteroatoms. The van der Waals surface area contributed by atoms with Gasteiger partial charge in [0.25, 0.3) is 0 Å². The third-order valence-corrected chi connectivity index (χ3v) is 3.70. The van der Waals surface area contributed by atoms with E-state index in [1.807, 2.05) is 24.0 Å². The molecule has 0 aliphatic carbocycles. The van der Waals surface area contributed by atoms with Crippen LogP contribution in [0.3, 0.4) is 0 Å². The highest BCUT2D eigenvalue weighted by molar-refractivity contribution is 14.0. The predicted molar refractivity (Wildman–Crippen MR) is 106 cm³/mol. The highest BCUT2D eigenvalue weighted by atomic mass is 127. The highest BCUT2D eigenvalue weighted by Crippen LogP contribution is 2.11. The van der Waals surface area contributed by atoms with Gasteiger partial charge < -0.3 is 20.1 Å². The van der Waals surface area contributed by atoms with Crippen molar-refractivity contribution in [1.82, 2.24) is 20.4 Å². The van der Waals surface area contributed by atoms with Crippen LogP contribution in [0.25, 0.3) is 0 Å². The van der Waals surface area contributed by atoms with Gasteiger partial charge in [0.1, 0.15) is 0 Å². The Labute approximate surface area is 161 Å². The second kappa shape index (κ2) is 12.5. The first-order valence-corrected chi connectivity index (χ1v) is 8.41. The summed E-state index contributed by atoms with van der Waals surface area (Å²) in [5.74, 6) is 0.813. The molecule has 0 saturated carbocycles. The Balaban J connectivity index is 0.00000288. The third-order valence-electron chi connectivity index (χ3n) is 3.70. The van der Waals surface area contributed by atoms with E-state index in [0.29, 0.717) is 6.10 Å². The quantitative estimate of drug-likeness (QED) is 0.258. The molecule has 0 aromatic carbocycles. The fraction of sp³-hybridized carbons (Fsp3) is 0.750. The lowest BCUT2D eigenvalue weighted by atomic mass is 10.2. The number of ether oxygens (including phenoxy) is 2. The fourth-order valence-electron chi connectivity index (χ4n) is 2.47. The molecule has 138 valence electrons. The van der Waals surface area contributed by atoms with Gasteiger partial charge >= 0.3 is 0 Å². The van der Waals surface area contributed by atoms with Crippen molar-refractivity contribution in [3.05, 3.63) is 18.0 Å². The maximum atomic E-state index is 5.64. The SMILES string of the molecule is CN=C(NCCCOCC1CCCO1)NCCn1cc(C)cn1.I. The number of aliphatic imine (C=N–C) groups is 1. The lowest BCUT2D eigenvalue weighted by molar-refractivity contribution is 0.0168. The Morgan fingerprint density at radius 2 is 2.29 bits per heavy atom. The number of aromatic nitrogens is 2. The highest BCUT2D eigenvalue weighted by Gasteiger charge is 2.14. The van der Waals surface area contributed by atoms with Gasteiger partial charge in [-0.2, -0.15) is 5.10 Å². The van der Waals surface area contributed by atoms with Crippen molar-refractivity contribution in [2.45, 2.75) is 38.8 Å². The normalized spacial score (nSPS) is 17.6. The van der Waals surface area contributed by atoms with Crippen LogP contribution in [-0.4, -0.2) is 61.8 Å². The van der Waals surface area contributed by atoms with Crippen LogP contribution in [0.5, 0.6) is 0 Å². The number of hydrogen-bond donors (Lipinski definition) is 2. The molecular weight excluding hydrogens is 421 g/mol. The third kappa shape index (κ3) is 8.29. The summed E-state index contributed by atoms with van der Waals surface area (Å²) in [4.78, 5) is 4.21. The van der Waals surface area contributed by atoms with E-state index in [2.05, 4.69) is 20.7 Å². The molecule has 1 aromatic heterocycles. The van der Waals surface area contributed by atoms with Gasteiger partial charge in [-0.3, -0.25) is 9.67 Å². The van der Waals surface area contributed by atoms with Gasteiger partial charge in [-0.15, -0.1) is 24.0 Å². The molecule has 1 unspecified atom stereocenters. The van der Waals surface area contributed by atoms with Gasteiger partial charge in [-0.05, 0) is 31.7 Å². The standard InChI is InChI=1S/C16H29N5O2.HI/c1-14-11-20-21(12-14)8-7-19-16(17-2)18-6-4-9-22-13-15-5-3-10-23-15;/h11-12,15H,3-10,13H2,1-2H3,(H2,17,18,19);1H. The largest absolute Gasteiger partial charge is 0.379 e. The molecule has 2 heterocycles. The minimum atomic E-state index is 0. The second-order valence-corrected chi connectivity index (χ2v) is 5.77. The summed E-state index contributed by atoms with van der Waals surface area (Å²) in [6.45, 7) is 6.84. The van der Waals surface area contributed by atoms with Crippen LogP contribution in [0.4, 0.5) is 0 Å². The molecular formula is C16H30IN5O2. The summed E-state index contributed by atoms with van der Waals surface area (Å²) in [6.07, 6.45) is 7.45. The van der Waals surface area contributed by atoms with E-state index < -0.39 is 0 Å². The Hall–Kier alpha value is -0.870. The van der Waals surface area contributed by atoms with Crippen LogP contribution in [-0.2, 0) is 16.0 Å². The molecule has 1 aliphatic heterocycles. The summed E-state index contributed by atoms with van der Waals surface area (Å²) in [5, 5.41) is 10.8. The second-order valence-electron chi connectivity index (χ2n) is 5.77. The van der Waals surface area contributed by atoms with Crippen molar-refractivity contribution in [1.29, 1.82) is 0 Å². The van der Waals surface area contributed by atoms with Crippen LogP contribution in [0, 0.1) is 6.92 Å². The molecule has 0 bridgehead atoms. The van der Waals surface area contributed by atoms with Crippen LogP contribution in [0.1, 0.15) is 24.8 Å². The summed E-state index contributed by atoms with van der Waals surface area (Å²) >= 11 is 0. The lowest BCUT2D eigenvalue weighted by Gasteiger charge is -2.13. The Morgan fingerprint density at radius 3 is 2.96 bits per heavy atom. The van der Waals surface area contributed by atoms with Gasteiger partial charge in [0.05, 0.1) is 25.5 Å². The first kappa shape index (κ1) is 21.2. The zero-order valence-electron chi connectivity index (χ0n) is 14.7. The predicted octanol–water partition coefficient (Wildman–Crippen LogP) is 1.56. The number of guanidine groups is 1. The first-order valence-electron chi connectivity index (χ1n) is 8.41. The van der Waals surface area contributed by atoms with Crippen LogP contribution >= 0.6 is 24.0 Å². The van der Waals surface area contributed by atoms with Crippen molar-refractivity contribution < 1.29 is 9.47 Å². The van der Waals surface area contributed by atoms with E-state index in [9.17, 15) is 0 Å². The van der Waals surface area contributed by atoms with E-state index in [1.54, 1.807) is 7.05 Å². The number of rotatable bonds is 9. The minimum Gasteiger partial charge on any atom is -0.379 e. The topological polar surface area (TPSA) is 72.7 Å². The van der Waals surface area contributed by atoms with Gasteiger partial charge in [0, 0.05) is 39.5 Å². The number of halogens is 1. The fourth-order valence-corrected chi connectivity index (χ4v) is 2.47. The molecule has 24 heavy (non-hydrogen) atoms. The van der Waals surface area contributed by atoms with Gasteiger partial charge in [-0.25, -0.2) is 0 Å². The van der Waals surface area contributed by atoms with E-state index in [1.165, 1.54) is 5.56 Å². The molecule has 7 nitrogen and oxygen atoms in total. The Kier molecular flexibility index (Phi) is 11.0. The van der Waals surface area contributed by atoms with Crippen LogP contribution in [0.15, 0.2) is 17.4 Å². The van der Waals surface area contributed by atoms with Crippen molar-refractivity contribution in [2.24, 2.45) is 4.99 Å². The minimum absolute atomic E-state index is 0. The number of nitrogens with zero attached hydrogens (tertiary/aromatic N) is 3. The molecule has 1 fully saturated rings. The van der Waals surface area contributed by atoms with E-state index in [-0.39, 0.29) is 24.0 Å². The average molecular weight is 451 g/mol. The summed E-state index contributed by atoms with van der Waals surface area (Å²) in [6, 6.07) is 0. The monoisotopic (exact) mass is 451 g/mol. The summed E-state index contributed by atoms with van der Waals surface area (Å²) < 4.78 is 13.1. The van der Waals surface area contributed by atoms with Gasteiger partial charge in [0.15, 0.2) is 5.96 Å². The van der Waals surface area contributed by atoms with E-state index in [0.717, 1.165) is 64.7 Å². The summed E-state index contributed by atoms with van der Waals surface area (Å²) in [5.41, 5.74) is 1.18. The zero-order chi connectivity index (χ0) is 16.3. The lowest BCUT2D eigenvalue weighted by Crippen LogP contribution is -2.39. The molecule has 1 aliphatic rings. The Bertz CT molecular complexity index is 475. The Morgan fingerprint density at radius 1 is 1.46 bits per heavy atom. The van der Waals surface area contributed by atoms with Crippen molar-refractivity contribution >= 4 is 29.9 Å². The molecule has 2 rings (SSSR count). The van der Waals surface area contributed by atoms with Gasteiger partial charge in [-0.1, -0.05) is 0 Å². The van der Waals surface area contributed by atoms with Crippen molar-refractivity contribution in [3.63, 3.8) is 0 Å². The van der Waals surface area contributed by atoms with E-state index in [4.69, 9.17) is 9.47 Å². The zero-order valence-corrected chi connectivity index (χ0v) is 17.0. The smallest absolute Gasteiger partial charge is 0.191 e. The molecule has 1 aromatic rings. The molecule has 1 atom stereocenters. The van der Waals surface area contributed by atoms with E-state index >= 15 is 0 Å². The maximum Gasteiger partial charge on any atom is 0.191 e. The average Bonchev–Trinajstić information content (AvgIpc) is 3.20. The van der Waals surface area contributed by atoms with Gasteiger partial charge in [0.2, 0.25) is 0 Å². The first-order chi connectivity index (χ1) is 11.3. The number of aryl methyl sites for hydroxylation is 1. The molecule has 0 radical (unpaired) electrons. The molecule has 0 spiro atoms. The van der Waals surface area contributed by atoms with Crippen LogP contribution < -0.4 is 10.6 Å². The summed E-state index contributed by atoms with van der Waals surface area (Å²) in [7, 11) is 1.78. The number of nitrogens with one attached hydrogen (secondary N) is 2. The molecule has 1 saturated heterocycles. The maximum absolute atomic E-state index is 5.64.